The van der Waals surface area contributed by atoms with E-state index in [0.717, 1.165) is 22.9 Å². The van der Waals surface area contributed by atoms with Crippen molar-refractivity contribution in [3.63, 3.8) is 0 Å². The van der Waals surface area contributed by atoms with Crippen LogP contribution in [0.1, 0.15) is 27.0 Å². The number of sulfone groups is 1. The number of ether oxygens (including phenoxy) is 1. The number of hydrogen-bond acceptors (Lipinski definition) is 4. The van der Waals surface area contributed by atoms with Gasteiger partial charge in [-0.25, -0.2) is 13.2 Å². The molecule has 0 aliphatic carbocycles. The highest BCUT2D eigenvalue weighted by Gasteiger charge is 2.21. The lowest BCUT2D eigenvalue weighted by molar-refractivity contribution is 0.0728. The standard InChI is InChI=1S/C17H18O4S/c1-11-9-10-12(2)16(13(11)3)21-17(18)14-7-5-6-8-15(14)22(4,19)20/h5-10H,1-4H3. The molecule has 22 heavy (non-hydrogen) atoms. The van der Waals surface area contributed by atoms with Crippen molar-refractivity contribution in [1.29, 1.82) is 0 Å². The minimum atomic E-state index is -3.50. The third-order valence-electron chi connectivity index (χ3n) is 3.57. The zero-order valence-corrected chi connectivity index (χ0v) is 13.8. The first-order valence-corrected chi connectivity index (χ1v) is 8.69. The van der Waals surface area contributed by atoms with Gasteiger partial charge in [-0.15, -0.1) is 0 Å². The van der Waals surface area contributed by atoms with E-state index in [1.807, 2.05) is 32.9 Å². The molecule has 0 atom stereocenters. The summed E-state index contributed by atoms with van der Waals surface area (Å²) in [5.41, 5.74) is 2.74. The van der Waals surface area contributed by atoms with Crippen LogP contribution in [-0.2, 0) is 9.84 Å². The molecule has 0 unspecified atom stereocenters. The molecule has 0 aliphatic rings. The second kappa shape index (κ2) is 5.93. The molecule has 0 aromatic heterocycles. The van der Waals surface area contributed by atoms with E-state index in [1.54, 1.807) is 12.1 Å². The molecule has 4 nitrogen and oxygen atoms in total. The molecule has 0 bridgehead atoms. The minimum absolute atomic E-state index is 0.0250. The fraction of sp³-hybridized carbons (Fsp3) is 0.235. The summed E-state index contributed by atoms with van der Waals surface area (Å²) in [6, 6.07) is 9.87. The third-order valence-corrected chi connectivity index (χ3v) is 4.73. The summed E-state index contributed by atoms with van der Waals surface area (Å²) in [7, 11) is -3.50. The van der Waals surface area contributed by atoms with E-state index in [-0.39, 0.29) is 10.5 Å². The van der Waals surface area contributed by atoms with Gasteiger partial charge in [-0.1, -0.05) is 24.3 Å². The summed E-state index contributed by atoms with van der Waals surface area (Å²) in [5.74, 6) is -0.189. The number of hydrogen-bond donors (Lipinski definition) is 0. The summed E-state index contributed by atoms with van der Waals surface area (Å²) >= 11 is 0. The lowest BCUT2D eigenvalue weighted by Crippen LogP contribution is -2.15. The maximum absolute atomic E-state index is 12.4. The highest BCUT2D eigenvalue weighted by atomic mass is 32.2. The van der Waals surface area contributed by atoms with Crippen LogP contribution in [0.2, 0.25) is 0 Å². The van der Waals surface area contributed by atoms with Gasteiger partial charge in [-0.05, 0) is 49.6 Å². The Balaban J connectivity index is 2.46. The van der Waals surface area contributed by atoms with Crippen LogP contribution in [0.25, 0.3) is 0 Å². The maximum atomic E-state index is 12.4. The van der Waals surface area contributed by atoms with Gasteiger partial charge in [0.15, 0.2) is 9.84 Å². The molecule has 0 saturated carbocycles. The second-order valence-electron chi connectivity index (χ2n) is 5.31. The van der Waals surface area contributed by atoms with E-state index in [0.29, 0.717) is 5.75 Å². The Kier molecular flexibility index (Phi) is 4.37. The van der Waals surface area contributed by atoms with E-state index in [4.69, 9.17) is 4.74 Å². The van der Waals surface area contributed by atoms with E-state index < -0.39 is 15.8 Å². The summed E-state index contributed by atoms with van der Waals surface area (Å²) < 4.78 is 29.1. The average Bonchev–Trinajstić information content (AvgIpc) is 2.46. The van der Waals surface area contributed by atoms with Gasteiger partial charge in [0.25, 0.3) is 0 Å². The monoisotopic (exact) mass is 318 g/mol. The topological polar surface area (TPSA) is 60.4 Å². The Morgan fingerprint density at radius 2 is 1.55 bits per heavy atom. The molecule has 0 saturated heterocycles. The number of benzene rings is 2. The molecule has 0 fully saturated rings. The fourth-order valence-corrected chi connectivity index (χ4v) is 3.07. The van der Waals surface area contributed by atoms with Gasteiger partial charge in [0.05, 0.1) is 10.5 Å². The number of rotatable bonds is 3. The predicted octanol–water partition coefficient (Wildman–Crippen LogP) is 3.23. The minimum Gasteiger partial charge on any atom is -0.422 e. The van der Waals surface area contributed by atoms with Gasteiger partial charge >= 0.3 is 5.97 Å². The Labute approximate surface area is 130 Å². The smallest absolute Gasteiger partial charge is 0.344 e. The predicted molar refractivity (Wildman–Crippen MR) is 85.2 cm³/mol. The third kappa shape index (κ3) is 3.20. The normalized spacial score (nSPS) is 11.3. The highest BCUT2D eigenvalue weighted by molar-refractivity contribution is 7.90. The molecule has 116 valence electrons. The molecule has 2 rings (SSSR count). The summed E-state index contributed by atoms with van der Waals surface area (Å²) in [6.45, 7) is 5.64. The van der Waals surface area contributed by atoms with Gasteiger partial charge in [0.1, 0.15) is 5.75 Å². The SMILES string of the molecule is Cc1ccc(C)c(OC(=O)c2ccccc2S(C)(=O)=O)c1C. The van der Waals surface area contributed by atoms with Crippen LogP contribution in [0, 0.1) is 20.8 Å². The second-order valence-corrected chi connectivity index (χ2v) is 7.30. The van der Waals surface area contributed by atoms with E-state index >= 15 is 0 Å². The summed E-state index contributed by atoms with van der Waals surface area (Å²) in [6.07, 6.45) is 1.07. The number of aryl methyl sites for hydroxylation is 2. The zero-order valence-electron chi connectivity index (χ0n) is 13.0. The molecule has 0 heterocycles. The van der Waals surface area contributed by atoms with Crippen molar-refractivity contribution in [1.82, 2.24) is 0 Å². The van der Waals surface area contributed by atoms with Crippen LogP contribution >= 0.6 is 0 Å². The maximum Gasteiger partial charge on any atom is 0.344 e. The molecule has 2 aromatic rings. The van der Waals surface area contributed by atoms with Crippen LogP contribution in [0.5, 0.6) is 5.75 Å². The Morgan fingerprint density at radius 3 is 2.18 bits per heavy atom. The van der Waals surface area contributed by atoms with Crippen molar-refractivity contribution in [3.8, 4) is 5.75 Å². The van der Waals surface area contributed by atoms with E-state index in [2.05, 4.69) is 0 Å². The van der Waals surface area contributed by atoms with Crippen LogP contribution < -0.4 is 4.74 Å². The van der Waals surface area contributed by atoms with Gasteiger partial charge < -0.3 is 4.74 Å². The Morgan fingerprint density at radius 1 is 0.955 bits per heavy atom. The van der Waals surface area contributed by atoms with Crippen molar-refractivity contribution in [2.24, 2.45) is 0 Å². The van der Waals surface area contributed by atoms with Gasteiger partial charge in [-0.3, -0.25) is 0 Å². The zero-order chi connectivity index (χ0) is 16.5. The van der Waals surface area contributed by atoms with Crippen molar-refractivity contribution < 1.29 is 17.9 Å². The quantitative estimate of drug-likeness (QED) is 0.644. The molecule has 0 amide bonds. The molecule has 0 spiro atoms. The molecular formula is C17H18O4S. The molecule has 5 heteroatoms. The number of esters is 1. The molecule has 0 N–H and O–H groups in total. The summed E-state index contributed by atoms with van der Waals surface area (Å²) in [4.78, 5) is 12.4. The van der Waals surface area contributed by atoms with Crippen molar-refractivity contribution in [2.75, 3.05) is 6.26 Å². The average molecular weight is 318 g/mol. The largest absolute Gasteiger partial charge is 0.422 e. The number of carbonyl (C=O) groups excluding carboxylic acids is 1. The van der Waals surface area contributed by atoms with Crippen LogP contribution in [0.4, 0.5) is 0 Å². The van der Waals surface area contributed by atoms with Gasteiger partial charge in [0, 0.05) is 6.26 Å². The first kappa shape index (κ1) is 16.2. The lowest BCUT2D eigenvalue weighted by atomic mass is 10.1. The van der Waals surface area contributed by atoms with E-state index in [9.17, 15) is 13.2 Å². The molecule has 0 radical (unpaired) electrons. The van der Waals surface area contributed by atoms with Crippen LogP contribution in [-0.4, -0.2) is 20.6 Å². The fourth-order valence-electron chi connectivity index (χ4n) is 2.19. The first-order valence-electron chi connectivity index (χ1n) is 6.80. The number of carbonyl (C=O) groups is 1. The van der Waals surface area contributed by atoms with E-state index in [1.165, 1.54) is 12.1 Å². The van der Waals surface area contributed by atoms with Crippen molar-refractivity contribution in [3.05, 3.63) is 58.7 Å². The lowest BCUT2D eigenvalue weighted by Gasteiger charge is -2.13. The first-order chi connectivity index (χ1) is 10.2. The highest BCUT2D eigenvalue weighted by Crippen LogP contribution is 2.27. The van der Waals surface area contributed by atoms with Gasteiger partial charge in [-0.2, -0.15) is 0 Å². The Bertz CT molecular complexity index is 836. The van der Waals surface area contributed by atoms with Crippen molar-refractivity contribution >= 4 is 15.8 Å². The summed E-state index contributed by atoms with van der Waals surface area (Å²) in [5, 5.41) is 0. The van der Waals surface area contributed by atoms with Crippen LogP contribution in [0.15, 0.2) is 41.3 Å². The van der Waals surface area contributed by atoms with Crippen LogP contribution in [0.3, 0.4) is 0 Å². The molecule has 2 aromatic carbocycles. The molecular weight excluding hydrogens is 300 g/mol. The molecule has 0 aliphatic heterocycles. The Hall–Kier alpha value is -2.14. The van der Waals surface area contributed by atoms with Gasteiger partial charge in [0.2, 0.25) is 0 Å². The van der Waals surface area contributed by atoms with Crippen molar-refractivity contribution in [2.45, 2.75) is 25.7 Å².